The molecule has 0 bridgehead atoms. The molecule has 3 aromatic rings. The second kappa shape index (κ2) is 6.26. The van der Waals surface area contributed by atoms with E-state index in [2.05, 4.69) is 36.8 Å². The molecule has 0 saturated carbocycles. The molecule has 2 aromatic carbocycles. The molecule has 0 aliphatic heterocycles. The van der Waals surface area contributed by atoms with Gasteiger partial charge in [0, 0.05) is 26.9 Å². The van der Waals surface area contributed by atoms with E-state index in [0.29, 0.717) is 6.42 Å². The van der Waals surface area contributed by atoms with E-state index >= 15 is 0 Å². The van der Waals surface area contributed by atoms with Gasteiger partial charge in [-0.05, 0) is 41.5 Å². The number of para-hydroxylation sites is 1. The molecule has 0 amide bonds. The number of fused-ring (bicyclic) bond motifs is 1. The van der Waals surface area contributed by atoms with Gasteiger partial charge in [-0.3, -0.25) is 4.98 Å². The number of aliphatic hydroxyl groups is 1. The normalized spacial score (nSPS) is 12.5. The molecule has 0 spiro atoms. The Bertz CT molecular complexity index is 783. The van der Waals surface area contributed by atoms with Crippen molar-refractivity contribution in [3.05, 3.63) is 74.8 Å². The fraction of sp³-hybridized carbons (Fsp3) is 0.118. The molecule has 0 fully saturated rings. The Kier molecular flexibility index (Phi) is 4.38. The average Bonchev–Trinajstić information content (AvgIpc) is 2.50. The van der Waals surface area contributed by atoms with Crippen LogP contribution in [-0.2, 0) is 6.42 Å². The van der Waals surface area contributed by atoms with Crippen molar-refractivity contribution in [3.8, 4) is 0 Å². The lowest BCUT2D eigenvalue weighted by molar-refractivity contribution is 0.178. The first-order valence-corrected chi connectivity index (χ1v) is 8.19. The number of pyridine rings is 1. The van der Waals surface area contributed by atoms with Gasteiger partial charge in [0.25, 0.3) is 0 Å². The van der Waals surface area contributed by atoms with E-state index in [-0.39, 0.29) is 0 Å². The smallest absolute Gasteiger partial charge is 0.0841 e. The number of aromatic nitrogens is 1. The van der Waals surface area contributed by atoms with Gasteiger partial charge >= 0.3 is 0 Å². The number of rotatable bonds is 3. The van der Waals surface area contributed by atoms with Crippen LogP contribution in [0.25, 0.3) is 10.9 Å². The Labute approximate surface area is 140 Å². The molecule has 1 aromatic heterocycles. The first-order chi connectivity index (χ1) is 10.1. The predicted molar refractivity (Wildman–Crippen MR) is 92.2 cm³/mol. The minimum absolute atomic E-state index is 0.554. The van der Waals surface area contributed by atoms with Gasteiger partial charge in [-0.15, -0.1) is 0 Å². The van der Waals surface area contributed by atoms with E-state index in [0.717, 1.165) is 31.0 Å². The molecule has 0 aliphatic carbocycles. The fourth-order valence-corrected chi connectivity index (χ4v) is 3.31. The highest BCUT2D eigenvalue weighted by Crippen LogP contribution is 2.30. The Balaban J connectivity index is 1.96. The number of aliphatic hydroxyl groups excluding tert-OH is 1. The lowest BCUT2D eigenvalue weighted by atomic mass is 9.99. The molecule has 3 rings (SSSR count). The van der Waals surface area contributed by atoms with Crippen LogP contribution in [0.5, 0.6) is 0 Å². The van der Waals surface area contributed by atoms with E-state index in [1.807, 2.05) is 48.5 Å². The number of benzene rings is 2. The van der Waals surface area contributed by atoms with Gasteiger partial charge in [0.05, 0.1) is 11.6 Å². The van der Waals surface area contributed by atoms with Crippen molar-refractivity contribution in [3.63, 3.8) is 0 Å². The summed E-state index contributed by atoms with van der Waals surface area (Å²) in [5.41, 5.74) is 2.93. The monoisotopic (exact) mass is 405 g/mol. The van der Waals surface area contributed by atoms with Gasteiger partial charge in [0.15, 0.2) is 0 Å². The topological polar surface area (TPSA) is 33.1 Å². The molecular weight excluding hydrogens is 394 g/mol. The van der Waals surface area contributed by atoms with Crippen molar-refractivity contribution in [2.75, 3.05) is 0 Å². The molecule has 21 heavy (non-hydrogen) atoms. The summed E-state index contributed by atoms with van der Waals surface area (Å²) in [4.78, 5) is 4.36. The molecule has 2 nitrogen and oxygen atoms in total. The van der Waals surface area contributed by atoms with Crippen molar-refractivity contribution in [1.29, 1.82) is 0 Å². The standard InChI is InChI=1S/C17H13Br2NO/c18-12-5-6-15(19)14(10-12)17(21)9-11-7-8-20-16-4-2-1-3-13(11)16/h1-8,10,17,21H,9H2. The summed E-state index contributed by atoms with van der Waals surface area (Å²) in [7, 11) is 0. The lowest BCUT2D eigenvalue weighted by Gasteiger charge is -2.14. The van der Waals surface area contributed by atoms with E-state index in [9.17, 15) is 5.11 Å². The molecule has 1 unspecified atom stereocenters. The van der Waals surface area contributed by atoms with Crippen molar-refractivity contribution in [2.24, 2.45) is 0 Å². The van der Waals surface area contributed by atoms with Crippen molar-refractivity contribution in [1.82, 2.24) is 4.98 Å². The van der Waals surface area contributed by atoms with Crippen molar-refractivity contribution >= 4 is 42.8 Å². The van der Waals surface area contributed by atoms with Crippen molar-refractivity contribution < 1.29 is 5.11 Å². The van der Waals surface area contributed by atoms with Gasteiger partial charge in [-0.2, -0.15) is 0 Å². The molecule has 0 aliphatic rings. The maximum atomic E-state index is 10.6. The van der Waals surface area contributed by atoms with Crippen LogP contribution in [-0.4, -0.2) is 10.1 Å². The van der Waals surface area contributed by atoms with Crippen LogP contribution in [0.3, 0.4) is 0 Å². The van der Waals surface area contributed by atoms with Gasteiger partial charge in [0.1, 0.15) is 0 Å². The molecule has 4 heteroatoms. The molecule has 106 valence electrons. The van der Waals surface area contributed by atoms with Crippen LogP contribution in [0.2, 0.25) is 0 Å². The summed E-state index contributed by atoms with van der Waals surface area (Å²) < 4.78 is 1.87. The highest BCUT2D eigenvalue weighted by molar-refractivity contribution is 9.11. The van der Waals surface area contributed by atoms with E-state index in [1.54, 1.807) is 6.20 Å². The second-order valence-corrected chi connectivity index (χ2v) is 6.64. The summed E-state index contributed by atoms with van der Waals surface area (Å²) in [5.74, 6) is 0. The molecule has 1 heterocycles. The minimum atomic E-state index is -0.567. The van der Waals surface area contributed by atoms with Crippen LogP contribution in [0.15, 0.2) is 63.7 Å². The summed E-state index contributed by atoms with van der Waals surface area (Å²) in [6.07, 6.45) is 1.78. The quantitative estimate of drug-likeness (QED) is 0.661. The minimum Gasteiger partial charge on any atom is -0.388 e. The zero-order valence-electron chi connectivity index (χ0n) is 11.1. The van der Waals surface area contributed by atoms with Crippen LogP contribution in [0.4, 0.5) is 0 Å². The van der Waals surface area contributed by atoms with Crippen LogP contribution in [0.1, 0.15) is 17.2 Å². The highest BCUT2D eigenvalue weighted by atomic mass is 79.9. The largest absolute Gasteiger partial charge is 0.388 e. The van der Waals surface area contributed by atoms with Gasteiger partial charge in [0.2, 0.25) is 0 Å². The maximum Gasteiger partial charge on any atom is 0.0841 e. The lowest BCUT2D eigenvalue weighted by Crippen LogP contribution is -2.03. The third-order valence-electron chi connectivity index (χ3n) is 3.47. The van der Waals surface area contributed by atoms with E-state index in [4.69, 9.17) is 0 Å². The number of nitrogens with zero attached hydrogens (tertiary/aromatic N) is 1. The Morgan fingerprint density at radius 3 is 2.71 bits per heavy atom. The summed E-state index contributed by atoms with van der Waals surface area (Å²) in [5, 5.41) is 11.7. The molecule has 0 saturated heterocycles. The molecule has 1 N–H and O–H groups in total. The average molecular weight is 407 g/mol. The first kappa shape index (κ1) is 14.7. The van der Waals surface area contributed by atoms with Gasteiger partial charge in [-0.25, -0.2) is 0 Å². The summed E-state index contributed by atoms with van der Waals surface area (Å²) in [6, 6.07) is 15.8. The van der Waals surface area contributed by atoms with Crippen LogP contribution < -0.4 is 0 Å². The molecule has 0 radical (unpaired) electrons. The summed E-state index contributed by atoms with van der Waals surface area (Å²) in [6.45, 7) is 0. The second-order valence-electron chi connectivity index (χ2n) is 4.87. The third-order valence-corrected chi connectivity index (χ3v) is 4.69. The number of hydrogen-bond donors (Lipinski definition) is 1. The highest BCUT2D eigenvalue weighted by Gasteiger charge is 2.14. The van der Waals surface area contributed by atoms with Crippen molar-refractivity contribution in [2.45, 2.75) is 12.5 Å². The Morgan fingerprint density at radius 2 is 1.86 bits per heavy atom. The zero-order valence-corrected chi connectivity index (χ0v) is 14.3. The van der Waals surface area contributed by atoms with E-state index in [1.165, 1.54) is 0 Å². The maximum absolute atomic E-state index is 10.6. The van der Waals surface area contributed by atoms with Gasteiger partial charge in [-0.1, -0.05) is 50.1 Å². The van der Waals surface area contributed by atoms with E-state index < -0.39 is 6.10 Å². The van der Waals surface area contributed by atoms with Crippen LogP contribution >= 0.6 is 31.9 Å². The Morgan fingerprint density at radius 1 is 1.05 bits per heavy atom. The SMILES string of the molecule is OC(Cc1ccnc2ccccc12)c1cc(Br)ccc1Br. The first-order valence-electron chi connectivity index (χ1n) is 6.61. The third kappa shape index (κ3) is 3.18. The Hall–Kier alpha value is -1.23. The molecular formula is C17H13Br2NO. The number of hydrogen-bond acceptors (Lipinski definition) is 2. The van der Waals surface area contributed by atoms with Gasteiger partial charge < -0.3 is 5.11 Å². The van der Waals surface area contributed by atoms with Crippen LogP contribution in [0, 0.1) is 0 Å². The fourth-order valence-electron chi connectivity index (χ4n) is 2.42. The number of halogens is 2. The zero-order chi connectivity index (χ0) is 14.8. The summed E-state index contributed by atoms with van der Waals surface area (Å²) >= 11 is 6.95. The predicted octanol–water partition coefficient (Wildman–Crippen LogP) is 5.04. The molecule has 1 atom stereocenters.